The maximum absolute atomic E-state index is 12.6. The Balaban J connectivity index is 1.76. The van der Waals surface area contributed by atoms with Crippen molar-refractivity contribution < 1.29 is 19.1 Å². The Morgan fingerprint density at radius 3 is 2.62 bits per heavy atom. The molecule has 136 valence electrons. The number of carbonyl (C=O) groups is 2. The van der Waals surface area contributed by atoms with Gasteiger partial charge in [-0.15, -0.1) is 0 Å². The zero-order valence-electron chi connectivity index (χ0n) is 14.1. The molecule has 0 saturated carbocycles. The van der Waals surface area contributed by atoms with Crippen molar-refractivity contribution in [3.63, 3.8) is 0 Å². The molecular formula is C18H16Cl2N2O4. The highest BCUT2D eigenvalue weighted by Gasteiger charge is 2.31. The van der Waals surface area contributed by atoms with Gasteiger partial charge in [0.1, 0.15) is 11.5 Å². The van der Waals surface area contributed by atoms with E-state index in [-0.39, 0.29) is 17.5 Å². The fraction of sp³-hybridized carbons (Fsp3) is 0.222. The van der Waals surface area contributed by atoms with E-state index in [1.165, 1.54) is 6.07 Å². The van der Waals surface area contributed by atoms with Gasteiger partial charge in [-0.25, -0.2) is 0 Å². The van der Waals surface area contributed by atoms with E-state index in [1.54, 1.807) is 44.2 Å². The van der Waals surface area contributed by atoms with Crippen LogP contribution in [-0.2, 0) is 9.59 Å². The highest BCUT2D eigenvalue weighted by molar-refractivity contribution is 6.34. The summed E-state index contributed by atoms with van der Waals surface area (Å²) in [4.78, 5) is 24.0. The number of anilines is 2. The molecule has 0 saturated heterocycles. The standard InChI is InChI=1S/C18H16Cl2N2O4/c1-18(2,26-11-5-3-10(19)4-6-11)17(24)22-13-8-15-14(7-12(13)20)21-16(23)9-25-15/h3-8H,9H2,1-2H3,(H,21,23)(H,22,24). The zero-order valence-corrected chi connectivity index (χ0v) is 15.6. The number of hydrogen-bond acceptors (Lipinski definition) is 4. The smallest absolute Gasteiger partial charge is 0.268 e. The Hall–Kier alpha value is -2.44. The second-order valence-corrected chi connectivity index (χ2v) is 7.03. The number of hydrogen-bond donors (Lipinski definition) is 2. The third kappa shape index (κ3) is 4.03. The summed E-state index contributed by atoms with van der Waals surface area (Å²) in [6, 6.07) is 9.80. The minimum absolute atomic E-state index is 0.0901. The molecule has 26 heavy (non-hydrogen) atoms. The predicted molar refractivity (Wildman–Crippen MR) is 100 cm³/mol. The van der Waals surface area contributed by atoms with Gasteiger partial charge in [0.2, 0.25) is 0 Å². The first-order valence-electron chi connectivity index (χ1n) is 7.77. The lowest BCUT2D eigenvalue weighted by Gasteiger charge is -2.26. The van der Waals surface area contributed by atoms with Gasteiger partial charge < -0.3 is 20.1 Å². The lowest BCUT2D eigenvalue weighted by Crippen LogP contribution is -2.42. The third-order valence-electron chi connectivity index (χ3n) is 3.68. The first-order valence-corrected chi connectivity index (χ1v) is 8.52. The van der Waals surface area contributed by atoms with Gasteiger partial charge >= 0.3 is 0 Å². The molecule has 2 aromatic rings. The molecule has 1 heterocycles. The normalized spacial score (nSPS) is 13.3. The van der Waals surface area contributed by atoms with Crippen LogP contribution >= 0.6 is 23.2 Å². The maximum Gasteiger partial charge on any atom is 0.268 e. The molecule has 2 amide bonds. The number of halogens is 2. The third-order valence-corrected chi connectivity index (χ3v) is 4.25. The Bertz CT molecular complexity index is 866. The lowest BCUT2D eigenvalue weighted by atomic mass is 10.1. The van der Waals surface area contributed by atoms with E-state index in [4.69, 9.17) is 32.7 Å². The summed E-state index contributed by atoms with van der Waals surface area (Å²) >= 11 is 12.1. The summed E-state index contributed by atoms with van der Waals surface area (Å²) in [5, 5.41) is 6.23. The SMILES string of the molecule is CC(C)(Oc1ccc(Cl)cc1)C(=O)Nc1cc2c(cc1Cl)NC(=O)CO2. The predicted octanol–water partition coefficient (Wildman–Crippen LogP) is 4.12. The molecule has 0 atom stereocenters. The fourth-order valence-corrected chi connectivity index (χ4v) is 2.65. The molecule has 0 bridgehead atoms. The average molecular weight is 395 g/mol. The molecule has 8 heteroatoms. The molecule has 6 nitrogen and oxygen atoms in total. The summed E-state index contributed by atoms with van der Waals surface area (Å²) in [5.74, 6) is 0.287. The van der Waals surface area contributed by atoms with Crippen molar-refractivity contribution >= 4 is 46.4 Å². The zero-order chi connectivity index (χ0) is 18.9. The van der Waals surface area contributed by atoms with Gasteiger partial charge in [-0.2, -0.15) is 0 Å². The minimum Gasteiger partial charge on any atom is -0.482 e. The first-order chi connectivity index (χ1) is 12.2. The Labute approximate surface area is 160 Å². The van der Waals surface area contributed by atoms with E-state index in [0.29, 0.717) is 27.9 Å². The van der Waals surface area contributed by atoms with E-state index < -0.39 is 11.5 Å². The van der Waals surface area contributed by atoms with Crippen LogP contribution in [0.1, 0.15) is 13.8 Å². The average Bonchev–Trinajstić information content (AvgIpc) is 2.57. The highest BCUT2D eigenvalue weighted by atomic mass is 35.5. The number of amides is 2. The van der Waals surface area contributed by atoms with E-state index in [2.05, 4.69) is 10.6 Å². The molecular weight excluding hydrogens is 379 g/mol. The van der Waals surface area contributed by atoms with Crippen LogP contribution in [0.3, 0.4) is 0 Å². The number of benzene rings is 2. The molecule has 1 aliphatic rings. The van der Waals surface area contributed by atoms with Crippen molar-refractivity contribution in [3.8, 4) is 11.5 Å². The van der Waals surface area contributed by atoms with Crippen molar-refractivity contribution in [2.75, 3.05) is 17.2 Å². The molecule has 0 radical (unpaired) electrons. The minimum atomic E-state index is -1.16. The van der Waals surface area contributed by atoms with Crippen molar-refractivity contribution in [2.24, 2.45) is 0 Å². The summed E-state index contributed by atoms with van der Waals surface area (Å²) in [6.07, 6.45) is 0. The van der Waals surface area contributed by atoms with Crippen LogP contribution < -0.4 is 20.1 Å². The summed E-state index contributed by atoms with van der Waals surface area (Å²) in [5.41, 5.74) is -0.345. The Morgan fingerprint density at radius 1 is 1.23 bits per heavy atom. The number of fused-ring (bicyclic) bond motifs is 1. The van der Waals surface area contributed by atoms with Gasteiger partial charge in [0.25, 0.3) is 11.8 Å². The molecule has 0 aromatic heterocycles. The van der Waals surface area contributed by atoms with Crippen LogP contribution in [0.5, 0.6) is 11.5 Å². The van der Waals surface area contributed by atoms with Crippen LogP contribution in [0.4, 0.5) is 11.4 Å². The second kappa shape index (κ2) is 7.05. The van der Waals surface area contributed by atoms with Gasteiger partial charge in [0.05, 0.1) is 16.4 Å². The van der Waals surface area contributed by atoms with Gasteiger partial charge in [0.15, 0.2) is 12.2 Å². The first kappa shape index (κ1) is 18.4. The topological polar surface area (TPSA) is 76.7 Å². The maximum atomic E-state index is 12.6. The van der Waals surface area contributed by atoms with Crippen molar-refractivity contribution in [1.82, 2.24) is 0 Å². The van der Waals surface area contributed by atoms with Gasteiger partial charge in [-0.1, -0.05) is 23.2 Å². The molecule has 0 spiro atoms. The van der Waals surface area contributed by atoms with Gasteiger partial charge in [-0.05, 0) is 44.2 Å². The lowest BCUT2D eigenvalue weighted by molar-refractivity contribution is -0.128. The second-order valence-electron chi connectivity index (χ2n) is 6.19. The van der Waals surface area contributed by atoms with Gasteiger partial charge in [-0.3, -0.25) is 9.59 Å². The fourth-order valence-electron chi connectivity index (χ4n) is 2.31. The molecule has 3 rings (SSSR count). The summed E-state index contributed by atoms with van der Waals surface area (Å²) < 4.78 is 11.1. The molecule has 1 aliphatic heterocycles. The van der Waals surface area contributed by atoms with Gasteiger partial charge in [0, 0.05) is 11.1 Å². The van der Waals surface area contributed by atoms with Crippen molar-refractivity contribution in [1.29, 1.82) is 0 Å². The van der Waals surface area contributed by atoms with Crippen LogP contribution in [0.2, 0.25) is 10.0 Å². The summed E-state index contributed by atoms with van der Waals surface area (Å²) in [6.45, 7) is 3.19. The Kier molecular flexibility index (Phi) is 4.98. The van der Waals surface area contributed by atoms with E-state index in [1.807, 2.05) is 0 Å². The highest BCUT2D eigenvalue weighted by Crippen LogP contribution is 2.36. The molecule has 2 aromatic carbocycles. The quantitative estimate of drug-likeness (QED) is 0.817. The van der Waals surface area contributed by atoms with Crippen molar-refractivity contribution in [3.05, 3.63) is 46.4 Å². The van der Waals surface area contributed by atoms with E-state index in [9.17, 15) is 9.59 Å². The van der Waals surface area contributed by atoms with E-state index >= 15 is 0 Å². The monoisotopic (exact) mass is 394 g/mol. The van der Waals surface area contributed by atoms with Crippen LogP contribution in [0.25, 0.3) is 0 Å². The number of ether oxygens (including phenoxy) is 2. The molecule has 0 aliphatic carbocycles. The van der Waals surface area contributed by atoms with Crippen molar-refractivity contribution in [2.45, 2.75) is 19.4 Å². The number of carbonyl (C=O) groups excluding carboxylic acids is 2. The van der Waals surface area contributed by atoms with Crippen LogP contribution in [0, 0.1) is 0 Å². The molecule has 0 fully saturated rings. The molecule has 2 N–H and O–H groups in total. The van der Waals surface area contributed by atoms with Crippen LogP contribution in [0.15, 0.2) is 36.4 Å². The Morgan fingerprint density at radius 2 is 1.92 bits per heavy atom. The summed E-state index contributed by atoms with van der Waals surface area (Å²) in [7, 11) is 0. The largest absolute Gasteiger partial charge is 0.482 e. The number of nitrogens with one attached hydrogen (secondary N) is 2. The van der Waals surface area contributed by atoms with E-state index in [0.717, 1.165) is 0 Å². The molecule has 0 unspecified atom stereocenters. The van der Waals surface area contributed by atoms with Crippen LogP contribution in [-0.4, -0.2) is 24.0 Å². The number of rotatable bonds is 4.